The van der Waals surface area contributed by atoms with Crippen LogP contribution in [0.2, 0.25) is 0 Å². The average molecular weight is 318 g/mol. The van der Waals surface area contributed by atoms with Gasteiger partial charge in [0.2, 0.25) is 0 Å². The number of halogens is 1. The van der Waals surface area contributed by atoms with Gasteiger partial charge in [0.1, 0.15) is 11.8 Å². The molecule has 6 heteroatoms. The zero-order chi connectivity index (χ0) is 13.8. The van der Waals surface area contributed by atoms with Crippen molar-refractivity contribution >= 4 is 33.3 Å². The first-order valence-corrected chi connectivity index (χ1v) is 6.05. The van der Waals surface area contributed by atoms with E-state index in [0.29, 0.717) is 21.5 Å². The highest BCUT2D eigenvalue weighted by molar-refractivity contribution is 9.10. The number of rotatable bonds is 3. The van der Waals surface area contributed by atoms with Crippen LogP contribution in [0.25, 0.3) is 0 Å². The minimum Gasteiger partial charge on any atom is -0.478 e. The third-order valence-electron chi connectivity index (χ3n) is 2.37. The molecule has 1 aromatic heterocycles. The molecule has 2 aromatic rings. The number of nitrogens with one attached hydrogen (secondary N) is 1. The van der Waals surface area contributed by atoms with Crippen molar-refractivity contribution in [3.05, 3.63) is 52.3 Å². The molecule has 0 unspecified atom stereocenters. The summed E-state index contributed by atoms with van der Waals surface area (Å²) in [7, 11) is 0. The molecule has 0 fully saturated rings. The smallest absolute Gasteiger partial charge is 0.335 e. The van der Waals surface area contributed by atoms with Crippen molar-refractivity contribution in [3.8, 4) is 6.07 Å². The number of anilines is 2. The van der Waals surface area contributed by atoms with Crippen molar-refractivity contribution < 1.29 is 9.90 Å². The minimum absolute atomic E-state index is 0.199. The van der Waals surface area contributed by atoms with Gasteiger partial charge in [0.25, 0.3) is 0 Å². The van der Waals surface area contributed by atoms with Crippen molar-refractivity contribution in [2.75, 3.05) is 5.32 Å². The topological polar surface area (TPSA) is 86.0 Å². The molecule has 0 aliphatic heterocycles. The number of nitrogens with zero attached hydrogens (tertiary/aromatic N) is 2. The van der Waals surface area contributed by atoms with Crippen LogP contribution in [-0.2, 0) is 0 Å². The number of hydrogen-bond acceptors (Lipinski definition) is 4. The Balaban J connectivity index is 2.28. The Labute approximate surface area is 117 Å². The summed E-state index contributed by atoms with van der Waals surface area (Å²) in [5.74, 6) is -0.983. The Bertz CT molecular complexity index is 680. The molecule has 0 radical (unpaired) electrons. The summed E-state index contributed by atoms with van der Waals surface area (Å²) in [5, 5.41) is 20.7. The fraction of sp³-hybridized carbons (Fsp3) is 0. The number of pyridine rings is 1. The molecule has 0 atom stereocenters. The molecule has 19 heavy (non-hydrogen) atoms. The number of aromatic nitrogens is 1. The van der Waals surface area contributed by atoms with Gasteiger partial charge in [-0.25, -0.2) is 9.78 Å². The summed E-state index contributed by atoms with van der Waals surface area (Å²) in [6.45, 7) is 0. The molecule has 0 bridgehead atoms. The van der Waals surface area contributed by atoms with Crippen LogP contribution in [0.4, 0.5) is 11.4 Å². The van der Waals surface area contributed by atoms with Gasteiger partial charge in [0.05, 0.1) is 11.3 Å². The van der Waals surface area contributed by atoms with E-state index in [4.69, 9.17) is 10.4 Å². The lowest BCUT2D eigenvalue weighted by atomic mass is 10.2. The predicted octanol–water partition coefficient (Wildman–Crippen LogP) is 3.16. The van der Waals surface area contributed by atoms with Gasteiger partial charge in [-0.05, 0) is 46.3 Å². The van der Waals surface area contributed by atoms with E-state index < -0.39 is 5.97 Å². The summed E-state index contributed by atoms with van der Waals surface area (Å²) in [5.41, 5.74) is 1.92. The molecule has 0 aliphatic carbocycles. The second kappa shape index (κ2) is 5.50. The van der Waals surface area contributed by atoms with E-state index in [1.54, 1.807) is 18.2 Å². The first-order chi connectivity index (χ1) is 9.10. The van der Waals surface area contributed by atoms with Crippen molar-refractivity contribution in [3.63, 3.8) is 0 Å². The standard InChI is InChI=1S/C13H8BrN3O2/c14-11-5-8(13(18)19)1-2-12(11)17-9-3-4-16-10(6-9)7-15/h1-6H,(H,16,17)(H,18,19). The highest BCUT2D eigenvalue weighted by Crippen LogP contribution is 2.27. The Kier molecular flexibility index (Phi) is 3.78. The number of nitriles is 1. The van der Waals surface area contributed by atoms with Crippen LogP contribution in [0.15, 0.2) is 41.0 Å². The van der Waals surface area contributed by atoms with E-state index in [2.05, 4.69) is 26.2 Å². The van der Waals surface area contributed by atoms with Crippen LogP contribution < -0.4 is 5.32 Å². The van der Waals surface area contributed by atoms with E-state index in [1.165, 1.54) is 18.3 Å². The number of benzene rings is 1. The van der Waals surface area contributed by atoms with Crippen molar-refractivity contribution in [1.29, 1.82) is 5.26 Å². The van der Waals surface area contributed by atoms with Crippen LogP contribution in [0.1, 0.15) is 16.1 Å². The lowest BCUT2D eigenvalue weighted by molar-refractivity contribution is 0.0697. The second-order valence-corrected chi connectivity index (χ2v) is 4.52. The Morgan fingerprint density at radius 2 is 2.16 bits per heavy atom. The van der Waals surface area contributed by atoms with Crippen LogP contribution in [0, 0.1) is 11.3 Å². The Morgan fingerprint density at radius 1 is 1.37 bits per heavy atom. The molecule has 0 saturated carbocycles. The minimum atomic E-state index is -0.983. The van der Waals surface area contributed by atoms with Gasteiger partial charge in [-0.1, -0.05) is 0 Å². The zero-order valence-electron chi connectivity index (χ0n) is 9.59. The van der Waals surface area contributed by atoms with Crippen molar-refractivity contribution in [2.45, 2.75) is 0 Å². The Hall–Kier alpha value is -2.39. The van der Waals surface area contributed by atoms with Gasteiger partial charge in [0.15, 0.2) is 0 Å². The SMILES string of the molecule is N#Cc1cc(Nc2ccc(C(=O)O)cc2Br)ccn1. The lowest BCUT2D eigenvalue weighted by Gasteiger charge is -2.09. The normalized spacial score (nSPS) is 9.68. The number of carbonyl (C=O) groups is 1. The average Bonchev–Trinajstić information content (AvgIpc) is 2.41. The molecule has 2 rings (SSSR count). The zero-order valence-corrected chi connectivity index (χ0v) is 11.2. The predicted molar refractivity (Wildman–Crippen MR) is 73.3 cm³/mol. The highest BCUT2D eigenvalue weighted by Gasteiger charge is 2.07. The number of carboxylic acid groups (broad SMARTS) is 1. The maximum Gasteiger partial charge on any atom is 0.335 e. The summed E-state index contributed by atoms with van der Waals surface area (Å²) in [6.07, 6.45) is 1.53. The van der Waals surface area contributed by atoms with Crippen molar-refractivity contribution in [2.24, 2.45) is 0 Å². The van der Waals surface area contributed by atoms with Gasteiger partial charge in [-0.2, -0.15) is 5.26 Å². The molecule has 0 spiro atoms. The quantitative estimate of drug-likeness (QED) is 0.908. The van der Waals surface area contributed by atoms with Crippen LogP contribution >= 0.6 is 15.9 Å². The van der Waals surface area contributed by atoms with Gasteiger partial charge in [-0.3, -0.25) is 0 Å². The monoisotopic (exact) mass is 317 g/mol. The van der Waals surface area contributed by atoms with Crippen LogP contribution in [0.5, 0.6) is 0 Å². The van der Waals surface area contributed by atoms with Gasteiger partial charge >= 0.3 is 5.97 Å². The highest BCUT2D eigenvalue weighted by atomic mass is 79.9. The van der Waals surface area contributed by atoms with Gasteiger partial charge in [0, 0.05) is 16.4 Å². The van der Waals surface area contributed by atoms with Gasteiger partial charge < -0.3 is 10.4 Å². The summed E-state index contributed by atoms with van der Waals surface area (Å²) < 4.78 is 0.628. The maximum atomic E-state index is 10.8. The van der Waals surface area contributed by atoms with Crippen LogP contribution in [-0.4, -0.2) is 16.1 Å². The molecular formula is C13H8BrN3O2. The second-order valence-electron chi connectivity index (χ2n) is 3.67. The first-order valence-electron chi connectivity index (χ1n) is 5.26. The fourth-order valence-electron chi connectivity index (χ4n) is 1.47. The molecule has 0 amide bonds. The van der Waals surface area contributed by atoms with E-state index in [1.807, 2.05) is 6.07 Å². The summed E-state index contributed by atoms with van der Waals surface area (Å²) >= 11 is 3.30. The van der Waals surface area contributed by atoms with E-state index in [-0.39, 0.29) is 5.56 Å². The third-order valence-corrected chi connectivity index (χ3v) is 3.03. The number of hydrogen-bond donors (Lipinski definition) is 2. The molecule has 2 N–H and O–H groups in total. The molecule has 1 heterocycles. The summed E-state index contributed by atoms with van der Waals surface area (Å²) in [6, 6.07) is 9.95. The number of aromatic carboxylic acids is 1. The molecule has 0 aliphatic rings. The first kappa shape index (κ1) is 13.1. The largest absolute Gasteiger partial charge is 0.478 e. The molecular weight excluding hydrogens is 310 g/mol. The van der Waals surface area contributed by atoms with Crippen LogP contribution in [0.3, 0.4) is 0 Å². The van der Waals surface area contributed by atoms with E-state index in [9.17, 15) is 4.79 Å². The van der Waals surface area contributed by atoms with Gasteiger partial charge in [-0.15, -0.1) is 0 Å². The molecule has 0 saturated heterocycles. The maximum absolute atomic E-state index is 10.8. The third kappa shape index (κ3) is 3.09. The van der Waals surface area contributed by atoms with E-state index >= 15 is 0 Å². The van der Waals surface area contributed by atoms with E-state index in [0.717, 1.165) is 0 Å². The summed E-state index contributed by atoms with van der Waals surface area (Å²) in [4.78, 5) is 14.7. The lowest BCUT2D eigenvalue weighted by Crippen LogP contribution is -1.98. The molecule has 1 aromatic carbocycles. The number of carboxylic acids is 1. The van der Waals surface area contributed by atoms with Crippen molar-refractivity contribution in [1.82, 2.24) is 4.98 Å². The fourth-order valence-corrected chi connectivity index (χ4v) is 1.95. The molecule has 5 nitrogen and oxygen atoms in total. The Morgan fingerprint density at radius 3 is 2.79 bits per heavy atom. The molecule has 94 valence electrons.